The summed E-state index contributed by atoms with van der Waals surface area (Å²) in [4.78, 5) is 2.85. The van der Waals surface area contributed by atoms with Gasteiger partial charge >= 0.3 is 0 Å². The Labute approximate surface area is 122 Å². The molecular formula is C16H25NO2S. The normalized spacial score (nSPS) is 18.6. The van der Waals surface area contributed by atoms with Gasteiger partial charge in [-0.15, -0.1) is 0 Å². The molecule has 112 valence electrons. The van der Waals surface area contributed by atoms with Gasteiger partial charge in [0.05, 0.1) is 4.90 Å². The van der Waals surface area contributed by atoms with Crippen LogP contribution in [-0.4, -0.2) is 32.7 Å². The molecule has 0 atom stereocenters. The lowest BCUT2D eigenvalue weighted by Gasteiger charge is -2.33. The van der Waals surface area contributed by atoms with Crippen LogP contribution in [0.4, 0.5) is 0 Å². The molecule has 0 N–H and O–H groups in total. The van der Waals surface area contributed by atoms with E-state index in [0.717, 1.165) is 37.0 Å². The molecule has 1 aliphatic heterocycles. The highest BCUT2D eigenvalue weighted by Crippen LogP contribution is 2.25. The molecule has 0 saturated carbocycles. The van der Waals surface area contributed by atoms with Crippen LogP contribution in [-0.2, 0) is 16.4 Å². The highest BCUT2D eigenvalue weighted by atomic mass is 32.2. The van der Waals surface area contributed by atoms with Gasteiger partial charge in [0.2, 0.25) is 0 Å². The Balaban J connectivity index is 1.98. The molecule has 3 nitrogen and oxygen atoms in total. The van der Waals surface area contributed by atoms with Gasteiger partial charge in [0.1, 0.15) is 0 Å². The van der Waals surface area contributed by atoms with E-state index in [1.807, 2.05) is 18.2 Å². The van der Waals surface area contributed by atoms with Crippen LogP contribution in [0.15, 0.2) is 29.2 Å². The molecule has 2 rings (SSSR count). The number of nitrogens with zero attached hydrogens (tertiary/aromatic N) is 1. The topological polar surface area (TPSA) is 37.4 Å². The standard InChI is InChI=1S/C16H25NO2S/c1-13(2)15-7-9-17(10-8-15)12-14-5-4-6-16(11-14)20(3,18)19/h4-6,11,13,15H,7-10,12H2,1-3H3. The van der Waals surface area contributed by atoms with E-state index in [9.17, 15) is 8.42 Å². The maximum Gasteiger partial charge on any atom is 0.175 e. The number of hydrogen-bond acceptors (Lipinski definition) is 3. The molecule has 20 heavy (non-hydrogen) atoms. The monoisotopic (exact) mass is 295 g/mol. The van der Waals surface area contributed by atoms with E-state index < -0.39 is 9.84 Å². The third-order valence-electron chi connectivity index (χ3n) is 4.31. The minimum atomic E-state index is -3.10. The second kappa shape index (κ2) is 6.27. The van der Waals surface area contributed by atoms with Crippen molar-refractivity contribution in [1.29, 1.82) is 0 Å². The molecule has 0 aromatic heterocycles. The van der Waals surface area contributed by atoms with Gasteiger partial charge in [-0.25, -0.2) is 8.42 Å². The summed E-state index contributed by atoms with van der Waals surface area (Å²) in [5.41, 5.74) is 1.09. The zero-order valence-electron chi connectivity index (χ0n) is 12.7. The van der Waals surface area contributed by atoms with Crippen molar-refractivity contribution in [3.05, 3.63) is 29.8 Å². The number of benzene rings is 1. The Bertz CT molecular complexity index is 543. The van der Waals surface area contributed by atoms with Gasteiger partial charge in [-0.3, -0.25) is 4.90 Å². The molecule has 1 aromatic carbocycles. The quantitative estimate of drug-likeness (QED) is 0.857. The smallest absolute Gasteiger partial charge is 0.175 e. The van der Waals surface area contributed by atoms with Gasteiger partial charge in [0.25, 0.3) is 0 Å². The van der Waals surface area contributed by atoms with Crippen molar-refractivity contribution in [2.45, 2.75) is 38.1 Å². The summed E-state index contributed by atoms with van der Waals surface area (Å²) >= 11 is 0. The van der Waals surface area contributed by atoms with Gasteiger partial charge < -0.3 is 0 Å². The predicted octanol–water partition coefficient (Wildman–Crippen LogP) is 2.96. The second-order valence-electron chi connectivity index (χ2n) is 6.28. The summed E-state index contributed by atoms with van der Waals surface area (Å²) in [6, 6.07) is 7.34. The predicted molar refractivity (Wildman–Crippen MR) is 82.4 cm³/mol. The summed E-state index contributed by atoms with van der Waals surface area (Å²) in [5.74, 6) is 1.61. The van der Waals surface area contributed by atoms with E-state index >= 15 is 0 Å². The van der Waals surface area contributed by atoms with E-state index in [1.54, 1.807) is 6.07 Å². The first-order valence-electron chi connectivity index (χ1n) is 7.37. The fraction of sp³-hybridized carbons (Fsp3) is 0.625. The molecule has 1 heterocycles. The minimum absolute atomic E-state index is 0.423. The number of piperidine rings is 1. The molecule has 0 aliphatic carbocycles. The van der Waals surface area contributed by atoms with E-state index in [1.165, 1.54) is 19.1 Å². The number of sulfone groups is 1. The Morgan fingerprint density at radius 1 is 1.25 bits per heavy atom. The SMILES string of the molecule is CC(C)C1CCN(Cc2cccc(S(C)(=O)=O)c2)CC1. The number of rotatable bonds is 4. The highest BCUT2D eigenvalue weighted by Gasteiger charge is 2.21. The van der Waals surface area contributed by atoms with E-state index in [0.29, 0.717) is 4.90 Å². The van der Waals surface area contributed by atoms with Gasteiger partial charge in [0, 0.05) is 12.8 Å². The van der Waals surface area contributed by atoms with E-state index in [2.05, 4.69) is 18.7 Å². The maximum absolute atomic E-state index is 11.6. The largest absolute Gasteiger partial charge is 0.299 e. The van der Waals surface area contributed by atoms with Crippen molar-refractivity contribution in [3.8, 4) is 0 Å². The van der Waals surface area contributed by atoms with Crippen molar-refractivity contribution in [1.82, 2.24) is 4.90 Å². The zero-order valence-corrected chi connectivity index (χ0v) is 13.5. The van der Waals surface area contributed by atoms with Gasteiger partial charge in [-0.1, -0.05) is 26.0 Å². The molecule has 1 aromatic rings. The first-order valence-corrected chi connectivity index (χ1v) is 9.27. The minimum Gasteiger partial charge on any atom is -0.299 e. The zero-order chi connectivity index (χ0) is 14.8. The summed E-state index contributed by atoms with van der Waals surface area (Å²) in [6.07, 6.45) is 3.77. The Morgan fingerprint density at radius 3 is 2.45 bits per heavy atom. The molecule has 0 spiro atoms. The van der Waals surface area contributed by atoms with Crippen molar-refractivity contribution >= 4 is 9.84 Å². The molecule has 4 heteroatoms. The van der Waals surface area contributed by atoms with Gasteiger partial charge in [-0.2, -0.15) is 0 Å². The van der Waals surface area contributed by atoms with E-state index in [-0.39, 0.29) is 0 Å². The molecule has 0 bridgehead atoms. The molecule has 0 amide bonds. The fourth-order valence-corrected chi connectivity index (χ4v) is 3.60. The Morgan fingerprint density at radius 2 is 1.90 bits per heavy atom. The summed E-state index contributed by atoms with van der Waals surface area (Å²) in [7, 11) is -3.10. The van der Waals surface area contributed by atoms with Crippen LogP contribution in [0.5, 0.6) is 0 Å². The lowest BCUT2D eigenvalue weighted by molar-refractivity contribution is 0.152. The van der Waals surface area contributed by atoms with Crippen LogP contribution in [0.2, 0.25) is 0 Å². The summed E-state index contributed by atoms with van der Waals surface area (Å²) in [6.45, 7) is 7.69. The van der Waals surface area contributed by atoms with Crippen molar-refractivity contribution < 1.29 is 8.42 Å². The van der Waals surface area contributed by atoms with Crippen LogP contribution in [0.3, 0.4) is 0 Å². The molecule has 0 unspecified atom stereocenters. The lowest BCUT2D eigenvalue weighted by Crippen LogP contribution is -2.34. The van der Waals surface area contributed by atoms with Crippen LogP contribution in [0, 0.1) is 11.8 Å². The van der Waals surface area contributed by atoms with Crippen LogP contribution in [0.1, 0.15) is 32.3 Å². The first kappa shape index (κ1) is 15.5. The fourth-order valence-electron chi connectivity index (χ4n) is 2.91. The third kappa shape index (κ3) is 4.06. The second-order valence-corrected chi connectivity index (χ2v) is 8.29. The van der Waals surface area contributed by atoms with Gasteiger partial charge in [0.15, 0.2) is 9.84 Å². The molecule has 1 fully saturated rings. The highest BCUT2D eigenvalue weighted by molar-refractivity contribution is 7.90. The average Bonchev–Trinajstić information content (AvgIpc) is 2.38. The summed E-state index contributed by atoms with van der Waals surface area (Å²) in [5, 5.41) is 0. The first-order chi connectivity index (χ1) is 9.36. The lowest BCUT2D eigenvalue weighted by atomic mass is 9.86. The third-order valence-corrected chi connectivity index (χ3v) is 5.42. The van der Waals surface area contributed by atoms with Crippen molar-refractivity contribution in [2.75, 3.05) is 19.3 Å². The summed E-state index contributed by atoms with van der Waals surface area (Å²) < 4.78 is 23.2. The Hall–Kier alpha value is -0.870. The number of hydrogen-bond donors (Lipinski definition) is 0. The molecular weight excluding hydrogens is 270 g/mol. The average molecular weight is 295 g/mol. The van der Waals surface area contributed by atoms with Crippen molar-refractivity contribution in [2.24, 2.45) is 11.8 Å². The molecule has 1 saturated heterocycles. The maximum atomic E-state index is 11.6. The van der Waals surface area contributed by atoms with Crippen LogP contribution >= 0.6 is 0 Å². The van der Waals surface area contributed by atoms with Crippen LogP contribution in [0.25, 0.3) is 0 Å². The Kier molecular flexibility index (Phi) is 4.86. The molecule has 0 radical (unpaired) electrons. The number of likely N-dealkylation sites (tertiary alicyclic amines) is 1. The van der Waals surface area contributed by atoms with Gasteiger partial charge in [-0.05, 0) is 55.5 Å². The van der Waals surface area contributed by atoms with Crippen molar-refractivity contribution in [3.63, 3.8) is 0 Å². The van der Waals surface area contributed by atoms with Crippen LogP contribution < -0.4 is 0 Å². The molecule has 1 aliphatic rings. The van der Waals surface area contributed by atoms with E-state index in [4.69, 9.17) is 0 Å².